The third-order valence-electron chi connectivity index (χ3n) is 4.59. The Bertz CT molecular complexity index is 1210. The van der Waals surface area contributed by atoms with Crippen LogP contribution >= 0.6 is 22.9 Å². The third-order valence-corrected chi connectivity index (χ3v) is 6.03. The zero-order valence-electron chi connectivity index (χ0n) is 15.5. The molecule has 7 heteroatoms. The van der Waals surface area contributed by atoms with Gasteiger partial charge in [0.2, 0.25) is 0 Å². The monoisotopic (exact) mass is 412 g/mol. The average Bonchev–Trinajstić information content (AvgIpc) is 3.18. The lowest BCUT2D eigenvalue weighted by Gasteiger charge is -2.19. The second kappa shape index (κ2) is 7.30. The van der Waals surface area contributed by atoms with Crippen LogP contribution in [0.1, 0.15) is 9.67 Å². The predicted octanol–water partition coefficient (Wildman–Crippen LogP) is 5.40. The number of ether oxygens (including phenoxy) is 2. The number of aromatic nitrogens is 1. The highest BCUT2D eigenvalue weighted by Crippen LogP contribution is 2.38. The number of carbonyl (C=O) groups is 1. The molecule has 4 aromatic rings. The van der Waals surface area contributed by atoms with Gasteiger partial charge in [-0.05, 0) is 24.3 Å². The minimum atomic E-state index is -0.148. The van der Waals surface area contributed by atoms with E-state index in [9.17, 15) is 4.79 Å². The smallest absolute Gasteiger partial charge is 0.268 e. The highest BCUT2D eigenvalue weighted by Gasteiger charge is 2.21. The van der Waals surface area contributed by atoms with E-state index < -0.39 is 0 Å². The molecule has 0 bridgehead atoms. The van der Waals surface area contributed by atoms with Crippen LogP contribution in [-0.2, 0) is 0 Å². The average molecular weight is 413 g/mol. The van der Waals surface area contributed by atoms with E-state index in [4.69, 9.17) is 21.1 Å². The molecule has 0 aliphatic heterocycles. The number of hydrogen-bond acceptors (Lipinski definition) is 5. The molecule has 1 amide bonds. The van der Waals surface area contributed by atoms with Gasteiger partial charge in [0.05, 0.1) is 30.3 Å². The van der Waals surface area contributed by atoms with Crippen molar-refractivity contribution in [1.29, 1.82) is 0 Å². The van der Waals surface area contributed by atoms with Gasteiger partial charge in [0.1, 0.15) is 16.7 Å². The molecular weight excluding hydrogens is 396 g/mol. The Morgan fingerprint density at radius 1 is 1.07 bits per heavy atom. The number of carbonyl (C=O) groups excluding carboxylic acids is 1. The lowest BCUT2D eigenvalue weighted by atomic mass is 10.2. The van der Waals surface area contributed by atoms with Gasteiger partial charge < -0.3 is 14.4 Å². The largest absolute Gasteiger partial charge is 0.497 e. The number of thiophene rings is 1. The Kier molecular flexibility index (Phi) is 4.83. The Morgan fingerprint density at radius 2 is 1.86 bits per heavy atom. The standard InChI is InChI=1S/C21H17ClN2O3S/c1-24(16-9-8-12(26-2)10-17(16)27-3)21(25)18-11-14-19(28-18)13-6-4-5-7-15(13)23-20(14)22/h4-11H,1-3H3. The quantitative estimate of drug-likeness (QED) is 0.421. The zero-order valence-corrected chi connectivity index (χ0v) is 17.1. The summed E-state index contributed by atoms with van der Waals surface area (Å²) >= 11 is 7.78. The summed E-state index contributed by atoms with van der Waals surface area (Å²) in [5.74, 6) is 1.07. The van der Waals surface area contributed by atoms with Crippen LogP contribution in [-0.4, -0.2) is 32.2 Å². The maximum absolute atomic E-state index is 13.2. The first-order chi connectivity index (χ1) is 13.5. The first kappa shape index (κ1) is 18.5. The Morgan fingerprint density at radius 3 is 2.61 bits per heavy atom. The summed E-state index contributed by atoms with van der Waals surface area (Å²) < 4.78 is 11.6. The maximum atomic E-state index is 13.2. The summed E-state index contributed by atoms with van der Waals surface area (Å²) in [4.78, 5) is 19.8. The molecule has 0 radical (unpaired) electrons. The van der Waals surface area contributed by atoms with Gasteiger partial charge in [-0.1, -0.05) is 29.8 Å². The number of fused-ring (bicyclic) bond motifs is 3. The number of halogens is 1. The zero-order chi connectivity index (χ0) is 19.8. The van der Waals surface area contributed by atoms with Crippen molar-refractivity contribution in [2.24, 2.45) is 0 Å². The molecule has 0 unspecified atom stereocenters. The number of nitrogens with zero attached hydrogens (tertiary/aromatic N) is 2. The number of para-hydroxylation sites is 1. The van der Waals surface area contributed by atoms with Crippen molar-refractivity contribution >= 4 is 55.5 Å². The van der Waals surface area contributed by atoms with Crippen molar-refractivity contribution < 1.29 is 14.3 Å². The van der Waals surface area contributed by atoms with Gasteiger partial charge >= 0.3 is 0 Å². The SMILES string of the molecule is COc1ccc(N(C)C(=O)c2cc3c(Cl)nc4ccccc4c3s2)c(OC)c1. The number of pyridine rings is 1. The predicted molar refractivity (Wildman–Crippen MR) is 114 cm³/mol. The van der Waals surface area contributed by atoms with Gasteiger partial charge in [-0.3, -0.25) is 4.79 Å². The fourth-order valence-corrected chi connectivity index (χ4v) is 4.58. The molecule has 0 saturated heterocycles. The molecule has 2 heterocycles. The fraction of sp³-hybridized carbons (Fsp3) is 0.143. The van der Waals surface area contributed by atoms with Crippen LogP contribution in [0.15, 0.2) is 48.5 Å². The van der Waals surface area contributed by atoms with E-state index in [1.807, 2.05) is 24.3 Å². The van der Waals surface area contributed by atoms with Crippen LogP contribution in [0.25, 0.3) is 21.0 Å². The fourth-order valence-electron chi connectivity index (χ4n) is 3.12. The summed E-state index contributed by atoms with van der Waals surface area (Å²) in [6, 6.07) is 14.9. The minimum absolute atomic E-state index is 0.148. The molecular formula is C21H17ClN2O3S. The van der Waals surface area contributed by atoms with Crippen LogP contribution in [0.4, 0.5) is 5.69 Å². The number of anilines is 1. The molecule has 0 fully saturated rings. The van der Waals surface area contributed by atoms with Crippen LogP contribution in [0.5, 0.6) is 11.5 Å². The van der Waals surface area contributed by atoms with Crippen molar-refractivity contribution in [1.82, 2.24) is 4.98 Å². The second-order valence-corrected chi connectivity index (χ2v) is 7.59. The van der Waals surface area contributed by atoms with E-state index >= 15 is 0 Å². The third kappa shape index (κ3) is 3.04. The number of rotatable bonds is 4. The lowest BCUT2D eigenvalue weighted by Crippen LogP contribution is -2.25. The van der Waals surface area contributed by atoms with Crippen molar-refractivity contribution in [3.8, 4) is 11.5 Å². The van der Waals surface area contributed by atoms with Crippen LogP contribution in [0, 0.1) is 0 Å². The topological polar surface area (TPSA) is 51.7 Å². The van der Waals surface area contributed by atoms with Crippen LogP contribution in [0.2, 0.25) is 5.15 Å². The van der Waals surface area contributed by atoms with Crippen LogP contribution < -0.4 is 14.4 Å². The van der Waals surface area contributed by atoms with Gasteiger partial charge in [0, 0.05) is 28.6 Å². The number of methoxy groups -OCH3 is 2. The highest BCUT2D eigenvalue weighted by molar-refractivity contribution is 7.22. The molecule has 0 atom stereocenters. The van der Waals surface area contributed by atoms with E-state index in [2.05, 4.69) is 4.98 Å². The molecule has 0 N–H and O–H groups in total. The number of hydrogen-bond donors (Lipinski definition) is 0. The summed E-state index contributed by atoms with van der Waals surface area (Å²) in [6.07, 6.45) is 0. The molecule has 0 saturated carbocycles. The van der Waals surface area contributed by atoms with E-state index in [0.717, 1.165) is 21.0 Å². The normalized spacial score (nSPS) is 11.0. The van der Waals surface area contributed by atoms with Crippen molar-refractivity contribution in [3.63, 3.8) is 0 Å². The lowest BCUT2D eigenvalue weighted by molar-refractivity contribution is 0.0996. The molecule has 0 aliphatic rings. The maximum Gasteiger partial charge on any atom is 0.268 e. The van der Waals surface area contributed by atoms with Crippen molar-refractivity contribution in [2.75, 3.05) is 26.2 Å². The summed E-state index contributed by atoms with van der Waals surface area (Å²) in [7, 11) is 4.87. The van der Waals surface area contributed by atoms with E-state index in [1.165, 1.54) is 11.3 Å². The Labute approximate surface area is 171 Å². The van der Waals surface area contributed by atoms with Crippen molar-refractivity contribution in [2.45, 2.75) is 0 Å². The summed E-state index contributed by atoms with van der Waals surface area (Å²) in [5.41, 5.74) is 1.46. The van der Waals surface area contributed by atoms with E-state index in [0.29, 0.717) is 27.2 Å². The molecule has 2 aromatic heterocycles. The molecule has 5 nitrogen and oxygen atoms in total. The molecule has 28 heavy (non-hydrogen) atoms. The molecule has 0 aliphatic carbocycles. The Balaban J connectivity index is 1.79. The van der Waals surface area contributed by atoms with E-state index in [-0.39, 0.29) is 5.91 Å². The summed E-state index contributed by atoms with van der Waals surface area (Å²) in [6.45, 7) is 0. The van der Waals surface area contributed by atoms with Gasteiger partial charge in [0.15, 0.2) is 0 Å². The highest BCUT2D eigenvalue weighted by atomic mass is 35.5. The second-order valence-electron chi connectivity index (χ2n) is 6.18. The summed E-state index contributed by atoms with van der Waals surface area (Å²) in [5, 5.41) is 2.16. The van der Waals surface area contributed by atoms with Crippen LogP contribution in [0.3, 0.4) is 0 Å². The molecule has 0 spiro atoms. The first-order valence-electron chi connectivity index (χ1n) is 8.51. The van der Waals surface area contributed by atoms with Gasteiger partial charge in [-0.2, -0.15) is 0 Å². The van der Waals surface area contributed by atoms with E-state index in [1.54, 1.807) is 50.4 Å². The van der Waals surface area contributed by atoms with Gasteiger partial charge in [-0.15, -0.1) is 11.3 Å². The molecule has 142 valence electrons. The van der Waals surface area contributed by atoms with Crippen molar-refractivity contribution in [3.05, 3.63) is 58.6 Å². The minimum Gasteiger partial charge on any atom is -0.497 e. The molecule has 4 rings (SSSR count). The number of benzene rings is 2. The number of amides is 1. The van der Waals surface area contributed by atoms with Gasteiger partial charge in [0.25, 0.3) is 5.91 Å². The first-order valence-corrected chi connectivity index (χ1v) is 9.70. The Hall–Kier alpha value is -2.83. The molecule has 2 aromatic carbocycles. The van der Waals surface area contributed by atoms with Gasteiger partial charge in [-0.25, -0.2) is 4.98 Å².